The van der Waals surface area contributed by atoms with Gasteiger partial charge < -0.3 is 18.6 Å². The molecule has 0 heterocycles. The predicted octanol–water partition coefficient (Wildman–Crippen LogP) is 6.25. The van der Waals surface area contributed by atoms with Gasteiger partial charge in [0.05, 0.1) is 19.8 Å². The van der Waals surface area contributed by atoms with Gasteiger partial charge in [-0.3, -0.25) is 0 Å². The number of esters is 1. The van der Waals surface area contributed by atoms with Crippen LogP contribution in [0.25, 0.3) is 6.08 Å². The molecule has 0 amide bonds. The van der Waals surface area contributed by atoms with Crippen LogP contribution >= 0.6 is 0 Å². The minimum absolute atomic E-state index is 0.0744. The lowest BCUT2D eigenvalue weighted by Crippen LogP contribution is -2.46. The molecule has 0 saturated heterocycles. The van der Waals surface area contributed by atoms with Crippen LogP contribution in [0, 0.1) is 0 Å². The topological polar surface area (TPSA) is 54.0 Å². The molecule has 0 fully saturated rings. The lowest BCUT2D eigenvalue weighted by molar-refractivity contribution is -0.137. The molecule has 0 spiro atoms. The van der Waals surface area contributed by atoms with Crippen LogP contribution in [0.3, 0.4) is 0 Å². The van der Waals surface area contributed by atoms with Crippen molar-refractivity contribution in [2.24, 2.45) is 0 Å². The molecule has 0 saturated carbocycles. The van der Waals surface area contributed by atoms with Gasteiger partial charge >= 0.3 is 5.97 Å². The SMILES string of the molecule is CCOC(=O)/C=C/c1ccccc1OCC(COCc1ccccc1)O[Si](C)(C)C(C)(C)C. The van der Waals surface area contributed by atoms with Gasteiger partial charge in [-0.15, -0.1) is 0 Å². The van der Waals surface area contributed by atoms with Crippen molar-refractivity contribution in [2.75, 3.05) is 19.8 Å². The summed E-state index contributed by atoms with van der Waals surface area (Å²) in [5, 5.41) is 0.0744. The number of para-hydroxylation sites is 1. The van der Waals surface area contributed by atoms with Crippen LogP contribution in [-0.2, 0) is 25.3 Å². The Hall–Kier alpha value is -2.41. The second kappa shape index (κ2) is 12.7. The number of hydrogen-bond acceptors (Lipinski definition) is 5. The van der Waals surface area contributed by atoms with Gasteiger partial charge in [-0.05, 0) is 42.8 Å². The number of carbonyl (C=O) groups excluding carboxylic acids is 1. The van der Waals surface area contributed by atoms with Crippen LogP contribution in [0.1, 0.15) is 38.8 Å². The summed E-state index contributed by atoms with van der Waals surface area (Å²) < 4.78 is 23.8. The highest BCUT2D eigenvalue weighted by atomic mass is 28.4. The number of benzene rings is 2. The number of rotatable bonds is 12. The summed E-state index contributed by atoms with van der Waals surface area (Å²) in [6, 6.07) is 17.7. The Morgan fingerprint density at radius 1 is 1.00 bits per heavy atom. The van der Waals surface area contributed by atoms with Gasteiger partial charge in [0.15, 0.2) is 8.32 Å². The molecule has 6 heteroatoms. The molecule has 0 aliphatic heterocycles. The molecule has 1 unspecified atom stereocenters. The smallest absolute Gasteiger partial charge is 0.330 e. The lowest BCUT2D eigenvalue weighted by atomic mass is 10.2. The molecular weight excluding hydrogens is 432 g/mol. The third-order valence-corrected chi connectivity index (χ3v) is 10.2. The van der Waals surface area contributed by atoms with Crippen LogP contribution in [0.5, 0.6) is 5.75 Å². The highest BCUT2D eigenvalue weighted by Gasteiger charge is 2.39. The van der Waals surface area contributed by atoms with Crippen LogP contribution in [0.4, 0.5) is 0 Å². The standard InChI is InChI=1S/C27H38O5Si/c1-7-30-26(28)18-17-23-15-11-12-16-25(23)31-21-24(32-33(5,6)27(2,3)4)20-29-19-22-13-9-8-10-14-22/h8-18,24H,7,19-21H2,1-6H3/b18-17+. The fourth-order valence-corrected chi connectivity index (χ4v) is 4.20. The quantitative estimate of drug-likeness (QED) is 0.208. The van der Waals surface area contributed by atoms with Gasteiger partial charge in [0.2, 0.25) is 0 Å². The molecule has 0 N–H and O–H groups in total. The van der Waals surface area contributed by atoms with Crippen LogP contribution < -0.4 is 4.74 Å². The minimum atomic E-state index is -2.02. The van der Waals surface area contributed by atoms with E-state index in [9.17, 15) is 4.79 Å². The Labute approximate surface area is 199 Å². The maximum absolute atomic E-state index is 11.7. The van der Waals surface area contributed by atoms with E-state index in [0.717, 1.165) is 11.1 Å². The summed E-state index contributed by atoms with van der Waals surface area (Å²) in [5.74, 6) is 0.311. The highest BCUT2D eigenvalue weighted by molar-refractivity contribution is 6.74. The predicted molar refractivity (Wildman–Crippen MR) is 136 cm³/mol. The number of ether oxygens (including phenoxy) is 3. The van der Waals surface area contributed by atoms with E-state index in [2.05, 4.69) is 33.9 Å². The average Bonchev–Trinajstić information content (AvgIpc) is 2.76. The fourth-order valence-electron chi connectivity index (χ4n) is 2.87. The first-order chi connectivity index (χ1) is 15.6. The Morgan fingerprint density at radius 2 is 1.67 bits per heavy atom. The molecule has 33 heavy (non-hydrogen) atoms. The monoisotopic (exact) mass is 470 g/mol. The fraction of sp³-hybridized carbons (Fsp3) is 0.444. The van der Waals surface area contributed by atoms with E-state index in [4.69, 9.17) is 18.6 Å². The number of carbonyl (C=O) groups is 1. The maximum Gasteiger partial charge on any atom is 0.330 e. The van der Waals surface area contributed by atoms with Crippen molar-refractivity contribution in [1.82, 2.24) is 0 Å². The summed E-state index contributed by atoms with van der Waals surface area (Å²) in [5.41, 5.74) is 1.93. The Kier molecular flexibility index (Phi) is 10.3. The van der Waals surface area contributed by atoms with E-state index in [1.54, 1.807) is 13.0 Å². The Balaban J connectivity index is 2.08. The molecule has 2 aromatic carbocycles. The van der Waals surface area contributed by atoms with E-state index in [-0.39, 0.29) is 17.1 Å². The van der Waals surface area contributed by atoms with Gasteiger partial charge in [-0.25, -0.2) is 4.79 Å². The molecule has 0 bridgehead atoms. The lowest BCUT2D eigenvalue weighted by Gasteiger charge is -2.39. The van der Waals surface area contributed by atoms with Crippen molar-refractivity contribution in [3.63, 3.8) is 0 Å². The first-order valence-corrected chi connectivity index (χ1v) is 14.4. The van der Waals surface area contributed by atoms with Gasteiger partial charge in [0.25, 0.3) is 0 Å². The summed E-state index contributed by atoms with van der Waals surface area (Å²) in [6.07, 6.45) is 2.91. The highest BCUT2D eigenvalue weighted by Crippen LogP contribution is 2.37. The van der Waals surface area contributed by atoms with Crippen molar-refractivity contribution >= 4 is 20.4 Å². The molecule has 1 atom stereocenters. The third kappa shape index (κ3) is 9.16. The molecule has 0 radical (unpaired) electrons. The minimum Gasteiger partial charge on any atom is -0.490 e. The molecule has 5 nitrogen and oxygen atoms in total. The van der Waals surface area contributed by atoms with Crippen molar-refractivity contribution in [3.05, 3.63) is 71.8 Å². The van der Waals surface area contributed by atoms with Gasteiger partial charge in [0, 0.05) is 11.6 Å². The van der Waals surface area contributed by atoms with Crippen LogP contribution in [0.15, 0.2) is 60.7 Å². The largest absolute Gasteiger partial charge is 0.490 e. The molecule has 2 aromatic rings. The maximum atomic E-state index is 11.7. The molecule has 180 valence electrons. The molecule has 0 aliphatic rings. The molecule has 0 aromatic heterocycles. The van der Waals surface area contributed by atoms with Gasteiger partial charge in [-0.2, -0.15) is 0 Å². The van der Waals surface area contributed by atoms with Crippen LogP contribution in [0.2, 0.25) is 18.1 Å². The first-order valence-electron chi connectivity index (χ1n) is 11.5. The summed E-state index contributed by atoms with van der Waals surface area (Å²) in [7, 11) is -2.02. The molecule has 2 rings (SSSR count). The average molecular weight is 471 g/mol. The van der Waals surface area contributed by atoms with E-state index >= 15 is 0 Å². The summed E-state index contributed by atoms with van der Waals surface area (Å²) in [6.45, 7) is 14.6. The van der Waals surface area contributed by atoms with Crippen molar-refractivity contribution in [3.8, 4) is 5.75 Å². The molecular formula is C27H38O5Si. The second-order valence-corrected chi connectivity index (χ2v) is 14.2. The number of hydrogen-bond donors (Lipinski definition) is 0. The summed E-state index contributed by atoms with van der Waals surface area (Å²) in [4.78, 5) is 11.7. The molecule has 0 aliphatic carbocycles. The Bertz CT molecular complexity index is 887. The van der Waals surface area contributed by atoms with E-state index < -0.39 is 8.32 Å². The Morgan fingerprint density at radius 3 is 2.33 bits per heavy atom. The van der Waals surface area contributed by atoms with Crippen molar-refractivity contribution in [2.45, 2.75) is 58.5 Å². The zero-order valence-corrected chi connectivity index (χ0v) is 21.8. The third-order valence-electron chi connectivity index (χ3n) is 5.71. The normalized spacial score (nSPS) is 13.2. The van der Waals surface area contributed by atoms with Crippen molar-refractivity contribution in [1.29, 1.82) is 0 Å². The van der Waals surface area contributed by atoms with E-state index in [0.29, 0.717) is 32.2 Å². The van der Waals surface area contributed by atoms with Crippen LogP contribution in [-0.4, -0.2) is 40.2 Å². The van der Waals surface area contributed by atoms with Gasteiger partial charge in [-0.1, -0.05) is 69.3 Å². The second-order valence-electron chi connectivity index (χ2n) is 9.44. The zero-order chi connectivity index (χ0) is 24.3. The zero-order valence-electron chi connectivity index (χ0n) is 20.8. The van der Waals surface area contributed by atoms with E-state index in [1.165, 1.54) is 6.08 Å². The first kappa shape index (κ1) is 26.8. The van der Waals surface area contributed by atoms with E-state index in [1.807, 2.05) is 54.6 Å². The van der Waals surface area contributed by atoms with Crippen molar-refractivity contribution < 1.29 is 23.4 Å². The summed E-state index contributed by atoms with van der Waals surface area (Å²) >= 11 is 0. The van der Waals surface area contributed by atoms with Gasteiger partial charge in [0.1, 0.15) is 18.5 Å².